The Kier molecular flexibility index (Phi) is 5.01. The molecule has 0 aromatic heterocycles. The second kappa shape index (κ2) is 6.56. The quantitative estimate of drug-likeness (QED) is 0.868. The molecule has 0 radical (unpaired) electrons. The average molecular weight is 298 g/mol. The lowest BCUT2D eigenvalue weighted by Gasteiger charge is -2.22. The molecule has 2 rings (SSSR count). The summed E-state index contributed by atoms with van der Waals surface area (Å²) in [4.78, 5) is 0.254. The maximum absolute atomic E-state index is 12.4. The molecule has 112 valence electrons. The molecule has 1 fully saturated rings. The molecule has 1 aliphatic carbocycles. The van der Waals surface area contributed by atoms with Crippen LogP contribution in [-0.2, 0) is 16.6 Å². The Balaban J connectivity index is 2.20. The average Bonchev–Trinajstić information content (AvgIpc) is 2.47. The van der Waals surface area contributed by atoms with Crippen LogP contribution in [0.4, 0.5) is 0 Å². The summed E-state index contributed by atoms with van der Waals surface area (Å²) >= 11 is 0. The van der Waals surface area contributed by atoms with E-state index in [1.807, 2.05) is 0 Å². The lowest BCUT2D eigenvalue weighted by Crippen LogP contribution is -2.36. The standard InChI is InChI=1S/C14H22N2O3S/c1-19-14-8-7-13(9-11(14)10-15)20(17,18)16-12-5-3-2-4-6-12/h7-9,12,16H,2-6,10,15H2,1H3. The first-order valence-electron chi connectivity index (χ1n) is 6.96. The minimum atomic E-state index is -3.48. The minimum absolute atomic E-state index is 0.0529. The smallest absolute Gasteiger partial charge is 0.240 e. The normalized spacial score (nSPS) is 17.1. The summed E-state index contributed by atoms with van der Waals surface area (Å²) in [5.74, 6) is 0.615. The van der Waals surface area contributed by atoms with Gasteiger partial charge in [-0.1, -0.05) is 19.3 Å². The van der Waals surface area contributed by atoms with Gasteiger partial charge in [0.25, 0.3) is 0 Å². The van der Waals surface area contributed by atoms with Crippen molar-refractivity contribution < 1.29 is 13.2 Å². The maximum atomic E-state index is 12.4. The molecule has 1 aromatic carbocycles. The fourth-order valence-corrected chi connectivity index (χ4v) is 3.94. The van der Waals surface area contributed by atoms with Gasteiger partial charge in [-0.25, -0.2) is 13.1 Å². The molecule has 0 saturated heterocycles. The number of hydrogen-bond donors (Lipinski definition) is 2. The van der Waals surface area contributed by atoms with Crippen molar-refractivity contribution in [3.63, 3.8) is 0 Å². The van der Waals surface area contributed by atoms with Crippen LogP contribution in [-0.4, -0.2) is 21.6 Å². The Bertz CT molecular complexity index is 552. The van der Waals surface area contributed by atoms with Gasteiger partial charge in [0.05, 0.1) is 12.0 Å². The molecule has 1 aliphatic rings. The van der Waals surface area contributed by atoms with Gasteiger partial charge >= 0.3 is 0 Å². The number of sulfonamides is 1. The first-order valence-corrected chi connectivity index (χ1v) is 8.44. The van der Waals surface area contributed by atoms with Gasteiger partial charge in [0.2, 0.25) is 10.0 Å². The Morgan fingerprint density at radius 2 is 2.00 bits per heavy atom. The van der Waals surface area contributed by atoms with E-state index in [0.717, 1.165) is 25.7 Å². The number of ether oxygens (including phenoxy) is 1. The van der Waals surface area contributed by atoms with Gasteiger partial charge < -0.3 is 10.5 Å². The number of benzene rings is 1. The van der Waals surface area contributed by atoms with E-state index in [1.165, 1.54) is 6.42 Å². The third kappa shape index (κ3) is 3.50. The number of nitrogens with two attached hydrogens (primary N) is 1. The largest absolute Gasteiger partial charge is 0.496 e. The first kappa shape index (κ1) is 15.3. The second-order valence-corrected chi connectivity index (χ2v) is 6.85. The van der Waals surface area contributed by atoms with Crippen molar-refractivity contribution in [3.05, 3.63) is 23.8 Å². The van der Waals surface area contributed by atoms with E-state index < -0.39 is 10.0 Å². The monoisotopic (exact) mass is 298 g/mol. The highest BCUT2D eigenvalue weighted by molar-refractivity contribution is 7.89. The number of hydrogen-bond acceptors (Lipinski definition) is 4. The summed E-state index contributed by atoms with van der Waals surface area (Å²) in [6.07, 6.45) is 5.20. The topological polar surface area (TPSA) is 81.4 Å². The zero-order valence-corrected chi connectivity index (χ0v) is 12.6. The van der Waals surface area contributed by atoms with Gasteiger partial charge in [0.15, 0.2) is 0 Å². The van der Waals surface area contributed by atoms with Crippen molar-refractivity contribution >= 4 is 10.0 Å². The number of methoxy groups -OCH3 is 1. The van der Waals surface area contributed by atoms with Gasteiger partial charge in [-0.15, -0.1) is 0 Å². The van der Waals surface area contributed by atoms with Crippen LogP contribution < -0.4 is 15.2 Å². The Morgan fingerprint density at radius 3 is 2.60 bits per heavy atom. The van der Waals surface area contributed by atoms with Crippen LogP contribution in [0.25, 0.3) is 0 Å². The molecule has 1 aromatic rings. The lowest BCUT2D eigenvalue weighted by molar-refractivity contribution is 0.408. The van der Waals surface area contributed by atoms with E-state index in [1.54, 1.807) is 25.3 Å². The Hall–Kier alpha value is -1.11. The highest BCUT2D eigenvalue weighted by Crippen LogP contribution is 2.24. The molecule has 1 saturated carbocycles. The summed E-state index contributed by atoms with van der Waals surface area (Å²) in [5, 5.41) is 0. The molecule has 20 heavy (non-hydrogen) atoms. The Morgan fingerprint density at radius 1 is 1.30 bits per heavy atom. The van der Waals surface area contributed by atoms with E-state index >= 15 is 0 Å². The number of nitrogens with one attached hydrogen (secondary N) is 1. The zero-order valence-electron chi connectivity index (χ0n) is 11.8. The third-order valence-electron chi connectivity index (χ3n) is 3.71. The van der Waals surface area contributed by atoms with Crippen LogP contribution in [0.2, 0.25) is 0 Å². The summed E-state index contributed by atoms with van der Waals surface area (Å²) < 4.78 is 32.7. The molecule has 5 nitrogen and oxygen atoms in total. The molecule has 6 heteroatoms. The molecule has 0 unspecified atom stereocenters. The molecule has 0 atom stereocenters. The molecule has 0 aliphatic heterocycles. The fraction of sp³-hybridized carbons (Fsp3) is 0.571. The predicted octanol–water partition coefficient (Wildman–Crippen LogP) is 1.76. The summed E-state index contributed by atoms with van der Waals surface area (Å²) in [5.41, 5.74) is 6.32. The van der Waals surface area contributed by atoms with Crippen LogP contribution in [0.5, 0.6) is 5.75 Å². The zero-order chi connectivity index (χ0) is 14.6. The lowest BCUT2D eigenvalue weighted by atomic mass is 9.96. The van der Waals surface area contributed by atoms with E-state index in [-0.39, 0.29) is 17.5 Å². The minimum Gasteiger partial charge on any atom is -0.496 e. The van der Waals surface area contributed by atoms with Crippen molar-refractivity contribution in [1.29, 1.82) is 0 Å². The van der Waals surface area contributed by atoms with Gasteiger partial charge in [-0.05, 0) is 31.0 Å². The molecular weight excluding hydrogens is 276 g/mol. The number of rotatable bonds is 5. The molecule has 3 N–H and O–H groups in total. The fourth-order valence-electron chi connectivity index (χ4n) is 2.59. The molecule has 0 bridgehead atoms. The van der Waals surface area contributed by atoms with Crippen LogP contribution in [0, 0.1) is 0 Å². The third-order valence-corrected chi connectivity index (χ3v) is 5.23. The van der Waals surface area contributed by atoms with E-state index in [9.17, 15) is 8.42 Å². The Labute approximate surface area is 120 Å². The first-order chi connectivity index (χ1) is 9.56. The molecular formula is C14H22N2O3S. The van der Waals surface area contributed by atoms with Gasteiger partial charge in [-0.3, -0.25) is 0 Å². The summed E-state index contributed by atoms with van der Waals surface area (Å²) in [6.45, 7) is 0.246. The van der Waals surface area contributed by atoms with Crippen molar-refractivity contribution in [2.45, 2.75) is 49.6 Å². The molecule has 0 heterocycles. The van der Waals surface area contributed by atoms with Gasteiger partial charge in [-0.2, -0.15) is 0 Å². The highest BCUT2D eigenvalue weighted by Gasteiger charge is 2.22. The maximum Gasteiger partial charge on any atom is 0.240 e. The molecule has 0 amide bonds. The van der Waals surface area contributed by atoms with Crippen molar-refractivity contribution in [3.8, 4) is 5.75 Å². The predicted molar refractivity (Wildman–Crippen MR) is 78.1 cm³/mol. The van der Waals surface area contributed by atoms with Crippen molar-refractivity contribution in [2.75, 3.05) is 7.11 Å². The van der Waals surface area contributed by atoms with Gasteiger partial charge in [0, 0.05) is 18.2 Å². The van der Waals surface area contributed by atoms with E-state index in [4.69, 9.17) is 10.5 Å². The SMILES string of the molecule is COc1ccc(S(=O)(=O)NC2CCCCC2)cc1CN. The molecule has 0 spiro atoms. The van der Waals surface area contributed by atoms with E-state index in [2.05, 4.69) is 4.72 Å². The highest BCUT2D eigenvalue weighted by atomic mass is 32.2. The van der Waals surface area contributed by atoms with E-state index in [0.29, 0.717) is 11.3 Å². The van der Waals surface area contributed by atoms with Crippen LogP contribution in [0.1, 0.15) is 37.7 Å². The second-order valence-electron chi connectivity index (χ2n) is 5.13. The van der Waals surface area contributed by atoms with Crippen molar-refractivity contribution in [2.24, 2.45) is 5.73 Å². The van der Waals surface area contributed by atoms with Crippen molar-refractivity contribution in [1.82, 2.24) is 4.72 Å². The van der Waals surface area contributed by atoms with Crippen LogP contribution >= 0.6 is 0 Å². The van der Waals surface area contributed by atoms with Crippen LogP contribution in [0.15, 0.2) is 23.1 Å². The summed E-state index contributed by atoms with van der Waals surface area (Å²) in [6, 6.07) is 4.85. The van der Waals surface area contributed by atoms with Gasteiger partial charge in [0.1, 0.15) is 5.75 Å². The summed E-state index contributed by atoms with van der Waals surface area (Å²) in [7, 11) is -1.93. The van der Waals surface area contributed by atoms with Crippen LogP contribution in [0.3, 0.4) is 0 Å².